The summed E-state index contributed by atoms with van der Waals surface area (Å²) in [4.78, 5) is 14.8. The molecule has 0 N–H and O–H groups in total. The number of carbonyl (C=O) groups excluding carboxylic acids is 1. The number of amides is 1. The zero-order chi connectivity index (χ0) is 15.4. The van der Waals surface area contributed by atoms with Crippen LogP contribution in [0.4, 0.5) is 0 Å². The molecule has 1 aliphatic rings. The number of hydrogen-bond donors (Lipinski definition) is 0. The van der Waals surface area contributed by atoms with Gasteiger partial charge in [-0.25, -0.2) is 0 Å². The van der Waals surface area contributed by atoms with Crippen LogP contribution in [0.15, 0.2) is 29.2 Å². The van der Waals surface area contributed by atoms with Crippen LogP contribution in [0.1, 0.15) is 32.8 Å². The maximum absolute atomic E-state index is 12.4. The van der Waals surface area contributed by atoms with Crippen LogP contribution in [0.25, 0.3) is 6.08 Å². The van der Waals surface area contributed by atoms with E-state index in [2.05, 4.69) is 6.92 Å². The van der Waals surface area contributed by atoms with E-state index in [0.717, 1.165) is 17.7 Å². The average molecular weight is 321 g/mol. The maximum atomic E-state index is 12.4. The molecule has 0 unspecified atom stereocenters. The summed E-state index contributed by atoms with van der Waals surface area (Å²) in [7, 11) is 0. The number of hydrogen-bond acceptors (Lipinski definition) is 4. The Hall–Kier alpha value is -1.33. The van der Waals surface area contributed by atoms with Crippen molar-refractivity contribution in [1.29, 1.82) is 0 Å². The minimum absolute atomic E-state index is 0.00762. The number of nitrogens with zero attached hydrogens (tertiary/aromatic N) is 1. The Labute approximate surface area is 135 Å². The molecule has 1 aromatic rings. The molecule has 1 heterocycles. The quantitative estimate of drug-likeness (QED) is 0.603. The van der Waals surface area contributed by atoms with Gasteiger partial charge in [0.15, 0.2) is 0 Å². The van der Waals surface area contributed by atoms with Gasteiger partial charge in [0.1, 0.15) is 10.1 Å². The average Bonchev–Trinajstić information content (AvgIpc) is 2.75. The molecule has 1 atom stereocenters. The second kappa shape index (κ2) is 7.09. The van der Waals surface area contributed by atoms with Crippen molar-refractivity contribution in [3.05, 3.63) is 34.7 Å². The molecule has 5 heteroatoms. The van der Waals surface area contributed by atoms with Crippen molar-refractivity contribution in [2.75, 3.05) is 6.61 Å². The molecule has 0 bridgehead atoms. The van der Waals surface area contributed by atoms with Gasteiger partial charge in [-0.05, 0) is 44.0 Å². The fourth-order valence-corrected chi connectivity index (χ4v) is 3.48. The maximum Gasteiger partial charge on any atom is 0.266 e. The predicted octanol–water partition coefficient (Wildman–Crippen LogP) is 4.09. The summed E-state index contributed by atoms with van der Waals surface area (Å²) in [6.45, 7) is 6.67. The molecule has 0 aromatic heterocycles. The molecular weight excluding hydrogens is 302 g/mol. The molecule has 3 nitrogen and oxygen atoms in total. The van der Waals surface area contributed by atoms with Gasteiger partial charge in [0.05, 0.1) is 11.5 Å². The lowest BCUT2D eigenvalue weighted by Crippen LogP contribution is -2.36. The molecule has 21 heavy (non-hydrogen) atoms. The minimum atomic E-state index is 0.00762. The van der Waals surface area contributed by atoms with E-state index in [1.54, 1.807) is 4.90 Å². The van der Waals surface area contributed by atoms with Crippen LogP contribution < -0.4 is 4.74 Å². The molecule has 0 radical (unpaired) electrons. The number of carbonyl (C=O) groups is 1. The second-order valence-electron chi connectivity index (χ2n) is 4.81. The lowest BCUT2D eigenvalue weighted by Gasteiger charge is -2.21. The highest BCUT2D eigenvalue weighted by atomic mass is 32.2. The fraction of sp³-hybridized carbons (Fsp3) is 0.375. The monoisotopic (exact) mass is 321 g/mol. The van der Waals surface area contributed by atoms with Gasteiger partial charge in [-0.2, -0.15) is 0 Å². The summed E-state index contributed by atoms with van der Waals surface area (Å²) in [5.74, 6) is 0.843. The van der Waals surface area contributed by atoms with Crippen LogP contribution in [0.2, 0.25) is 0 Å². The Morgan fingerprint density at radius 1 is 1.33 bits per heavy atom. The summed E-state index contributed by atoms with van der Waals surface area (Å²) in [6.07, 6.45) is 2.78. The summed E-state index contributed by atoms with van der Waals surface area (Å²) >= 11 is 6.69. The zero-order valence-corrected chi connectivity index (χ0v) is 14.1. The molecule has 2 rings (SSSR count). The second-order valence-corrected chi connectivity index (χ2v) is 6.49. The standard InChI is InChI=1S/C16H19NO2S2/c1-4-11(3)17-15(18)14(21-16(17)20)10-12-6-8-13(9-7-12)19-5-2/h6-11H,4-5H2,1-3H3/b14-10+/t11-/m0/s1. The Bertz CT molecular complexity index is 566. The molecule has 1 aromatic carbocycles. The third-order valence-electron chi connectivity index (χ3n) is 3.34. The van der Waals surface area contributed by atoms with E-state index in [1.165, 1.54) is 11.8 Å². The topological polar surface area (TPSA) is 29.5 Å². The first-order valence-corrected chi connectivity index (χ1v) is 8.29. The normalized spacial score (nSPS) is 18.4. The lowest BCUT2D eigenvalue weighted by molar-refractivity contribution is -0.123. The highest BCUT2D eigenvalue weighted by Gasteiger charge is 2.34. The lowest BCUT2D eigenvalue weighted by atomic mass is 10.2. The van der Waals surface area contributed by atoms with Crippen molar-refractivity contribution in [1.82, 2.24) is 4.90 Å². The SMILES string of the molecule is CCOc1ccc(/C=C2/SC(=S)N([C@@H](C)CC)C2=O)cc1. The predicted molar refractivity (Wildman–Crippen MR) is 92.4 cm³/mol. The van der Waals surface area contributed by atoms with Gasteiger partial charge in [0, 0.05) is 6.04 Å². The van der Waals surface area contributed by atoms with Crippen LogP contribution in [-0.4, -0.2) is 27.8 Å². The van der Waals surface area contributed by atoms with Crippen molar-refractivity contribution in [3.63, 3.8) is 0 Å². The van der Waals surface area contributed by atoms with Gasteiger partial charge in [-0.15, -0.1) is 0 Å². The van der Waals surface area contributed by atoms with Gasteiger partial charge in [0.25, 0.3) is 5.91 Å². The number of ether oxygens (including phenoxy) is 1. The first-order chi connectivity index (χ1) is 10.1. The highest BCUT2D eigenvalue weighted by molar-refractivity contribution is 8.26. The third-order valence-corrected chi connectivity index (χ3v) is 4.67. The number of thioether (sulfide) groups is 1. The van der Waals surface area contributed by atoms with Crippen molar-refractivity contribution in [3.8, 4) is 5.75 Å². The Morgan fingerprint density at radius 3 is 2.57 bits per heavy atom. The number of benzene rings is 1. The smallest absolute Gasteiger partial charge is 0.266 e. The van der Waals surface area contributed by atoms with Gasteiger partial charge >= 0.3 is 0 Å². The summed E-state index contributed by atoms with van der Waals surface area (Å²) in [5, 5.41) is 0. The van der Waals surface area contributed by atoms with Crippen LogP contribution in [-0.2, 0) is 4.79 Å². The van der Waals surface area contributed by atoms with E-state index in [9.17, 15) is 4.79 Å². The van der Waals surface area contributed by atoms with E-state index in [0.29, 0.717) is 15.8 Å². The molecule has 0 spiro atoms. The van der Waals surface area contributed by atoms with Crippen molar-refractivity contribution in [2.24, 2.45) is 0 Å². The first-order valence-electron chi connectivity index (χ1n) is 7.06. The summed E-state index contributed by atoms with van der Waals surface area (Å²) in [6, 6.07) is 7.85. The molecule has 0 saturated carbocycles. The van der Waals surface area contributed by atoms with E-state index >= 15 is 0 Å². The number of thiocarbonyl (C=S) groups is 1. The van der Waals surface area contributed by atoms with Crippen LogP contribution >= 0.6 is 24.0 Å². The largest absolute Gasteiger partial charge is 0.494 e. The van der Waals surface area contributed by atoms with E-state index in [-0.39, 0.29) is 11.9 Å². The molecule has 1 amide bonds. The Kier molecular flexibility index (Phi) is 5.42. The van der Waals surface area contributed by atoms with Gasteiger partial charge < -0.3 is 4.74 Å². The van der Waals surface area contributed by atoms with Gasteiger partial charge in [0.2, 0.25) is 0 Å². The molecule has 1 fully saturated rings. The molecule has 1 saturated heterocycles. The van der Waals surface area contributed by atoms with E-state index in [1.807, 2.05) is 44.2 Å². The van der Waals surface area contributed by atoms with E-state index in [4.69, 9.17) is 17.0 Å². The van der Waals surface area contributed by atoms with Crippen molar-refractivity contribution < 1.29 is 9.53 Å². The summed E-state index contributed by atoms with van der Waals surface area (Å²) in [5.41, 5.74) is 0.975. The third kappa shape index (κ3) is 3.66. The van der Waals surface area contributed by atoms with Crippen LogP contribution in [0.3, 0.4) is 0 Å². The Balaban J connectivity index is 2.18. The zero-order valence-electron chi connectivity index (χ0n) is 12.5. The molecule has 0 aliphatic carbocycles. The molecule has 112 valence electrons. The van der Waals surface area contributed by atoms with Crippen molar-refractivity contribution >= 4 is 40.3 Å². The summed E-state index contributed by atoms with van der Waals surface area (Å²) < 4.78 is 6.06. The van der Waals surface area contributed by atoms with Crippen molar-refractivity contribution in [2.45, 2.75) is 33.2 Å². The van der Waals surface area contributed by atoms with Crippen LogP contribution in [0.5, 0.6) is 5.75 Å². The van der Waals surface area contributed by atoms with Gasteiger partial charge in [-0.3, -0.25) is 9.69 Å². The van der Waals surface area contributed by atoms with Crippen LogP contribution in [0, 0.1) is 0 Å². The minimum Gasteiger partial charge on any atom is -0.494 e. The van der Waals surface area contributed by atoms with Gasteiger partial charge in [-0.1, -0.05) is 43.0 Å². The number of rotatable bonds is 5. The highest BCUT2D eigenvalue weighted by Crippen LogP contribution is 2.34. The Morgan fingerprint density at radius 2 is 2.00 bits per heavy atom. The molecule has 1 aliphatic heterocycles. The first kappa shape index (κ1) is 16.0. The molecular formula is C16H19NO2S2. The fourth-order valence-electron chi connectivity index (χ4n) is 2.02. The van der Waals surface area contributed by atoms with E-state index < -0.39 is 0 Å².